The van der Waals surface area contributed by atoms with E-state index in [0.29, 0.717) is 11.4 Å². The zero-order chi connectivity index (χ0) is 16.4. The summed E-state index contributed by atoms with van der Waals surface area (Å²) in [5, 5.41) is 14.0. The Hall–Kier alpha value is -2.11. The van der Waals surface area contributed by atoms with Crippen molar-refractivity contribution < 1.29 is 5.11 Å². The van der Waals surface area contributed by atoms with E-state index in [4.69, 9.17) is 16.7 Å². The van der Waals surface area contributed by atoms with Gasteiger partial charge in [-0.25, -0.2) is 9.97 Å². The number of aromatic nitrogens is 3. The maximum absolute atomic E-state index is 9.10. The molecule has 1 aromatic carbocycles. The summed E-state index contributed by atoms with van der Waals surface area (Å²) >= 11 is 6.23. The number of para-hydroxylation sites is 1. The van der Waals surface area contributed by atoms with Gasteiger partial charge >= 0.3 is 0 Å². The minimum atomic E-state index is 0.161. The Morgan fingerprint density at radius 3 is 2.74 bits per heavy atom. The van der Waals surface area contributed by atoms with Crippen molar-refractivity contribution >= 4 is 34.1 Å². The van der Waals surface area contributed by atoms with Crippen molar-refractivity contribution in [3.05, 3.63) is 46.9 Å². The number of rotatable bonds is 5. The average Bonchev–Trinajstić information content (AvgIpc) is 2.80. The molecule has 0 atom stereocenters. The molecule has 120 valence electrons. The quantitative estimate of drug-likeness (QED) is 0.746. The Kier molecular flexibility index (Phi) is 4.50. The normalized spacial score (nSPS) is 11.1. The highest BCUT2D eigenvalue weighted by atomic mass is 35.5. The molecule has 0 bridgehead atoms. The molecular formula is C17H19ClN4O. The fourth-order valence-electron chi connectivity index (χ4n) is 2.76. The maximum atomic E-state index is 9.10. The Balaban J connectivity index is 2.10. The maximum Gasteiger partial charge on any atom is 0.145 e. The van der Waals surface area contributed by atoms with E-state index in [0.717, 1.165) is 40.3 Å². The second-order valence-electron chi connectivity index (χ2n) is 5.46. The summed E-state index contributed by atoms with van der Waals surface area (Å²) in [5.41, 5.74) is 3.96. The largest absolute Gasteiger partial charge is 0.396 e. The van der Waals surface area contributed by atoms with Crippen molar-refractivity contribution in [3.8, 4) is 0 Å². The Morgan fingerprint density at radius 2 is 2.00 bits per heavy atom. The molecule has 6 heteroatoms. The van der Waals surface area contributed by atoms with E-state index >= 15 is 0 Å². The lowest BCUT2D eigenvalue weighted by molar-refractivity contribution is 0.280. The number of hydrogen-bond donors (Lipinski definition) is 2. The van der Waals surface area contributed by atoms with Crippen molar-refractivity contribution in [3.63, 3.8) is 0 Å². The predicted octanol–water partition coefficient (Wildman–Crippen LogP) is 3.83. The summed E-state index contributed by atoms with van der Waals surface area (Å²) in [7, 11) is 0. The molecule has 0 aliphatic heterocycles. The molecule has 0 saturated heterocycles. The van der Waals surface area contributed by atoms with Crippen molar-refractivity contribution in [1.29, 1.82) is 0 Å². The number of anilines is 2. The zero-order valence-corrected chi connectivity index (χ0v) is 13.9. The van der Waals surface area contributed by atoms with Gasteiger partial charge in [0.05, 0.1) is 16.1 Å². The number of hydrogen-bond acceptors (Lipinski definition) is 4. The first-order valence-corrected chi connectivity index (χ1v) is 7.94. The molecular weight excluding hydrogens is 312 g/mol. The molecule has 0 aliphatic rings. The summed E-state index contributed by atoms with van der Waals surface area (Å²) in [5.74, 6) is 0.742. The minimum absolute atomic E-state index is 0.161. The molecule has 3 aromatic rings. The van der Waals surface area contributed by atoms with Gasteiger partial charge in [-0.05, 0) is 38.0 Å². The van der Waals surface area contributed by atoms with Crippen LogP contribution in [0.15, 0.2) is 30.6 Å². The second kappa shape index (κ2) is 6.56. The van der Waals surface area contributed by atoms with Crippen LogP contribution < -0.4 is 5.32 Å². The highest BCUT2D eigenvalue weighted by Gasteiger charge is 2.16. The monoisotopic (exact) mass is 330 g/mol. The van der Waals surface area contributed by atoms with Crippen molar-refractivity contribution in [2.24, 2.45) is 0 Å². The number of benzene rings is 1. The SMILES string of the molecule is Cc1c(C)n(CCCO)c2ncnc(Nc3ccccc3Cl)c12. The van der Waals surface area contributed by atoms with Crippen LogP contribution in [0, 0.1) is 13.8 Å². The molecule has 0 radical (unpaired) electrons. The molecule has 2 aromatic heterocycles. The topological polar surface area (TPSA) is 63.0 Å². The Morgan fingerprint density at radius 1 is 1.22 bits per heavy atom. The molecule has 5 nitrogen and oxygen atoms in total. The number of nitrogens with zero attached hydrogens (tertiary/aromatic N) is 3. The Labute approximate surface area is 140 Å². The first-order valence-electron chi connectivity index (χ1n) is 7.56. The van der Waals surface area contributed by atoms with Gasteiger partial charge in [-0.15, -0.1) is 0 Å². The molecule has 0 fully saturated rings. The van der Waals surface area contributed by atoms with E-state index in [1.54, 1.807) is 6.33 Å². The number of aryl methyl sites for hydroxylation is 2. The molecule has 0 spiro atoms. The van der Waals surface area contributed by atoms with E-state index in [1.165, 1.54) is 0 Å². The van der Waals surface area contributed by atoms with Gasteiger partial charge < -0.3 is 15.0 Å². The van der Waals surface area contributed by atoms with Gasteiger partial charge in [-0.3, -0.25) is 0 Å². The minimum Gasteiger partial charge on any atom is -0.396 e. The van der Waals surface area contributed by atoms with Gasteiger partial charge in [0.15, 0.2) is 0 Å². The summed E-state index contributed by atoms with van der Waals surface area (Å²) < 4.78 is 2.13. The third kappa shape index (κ3) is 2.90. The first kappa shape index (κ1) is 15.8. The number of aliphatic hydroxyl groups excluding tert-OH is 1. The molecule has 3 rings (SSSR count). The second-order valence-corrected chi connectivity index (χ2v) is 5.87. The van der Waals surface area contributed by atoms with E-state index in [2.05, 4.69) is 33.7 Å². The number of halogens is 1. The molecule has 0 aliphatic carbocycles. The zero-order valence-electron chi connectivity index (χ0n) is 13.2. The van der Waals surface area contributed by atoms with Crippen molar-refractivity contribution in [2.75, 3.05) is 11.9 Å². The Bertz CT molecular complexity index is 844. The van der Waals surface area contributed by atoms with Crippen LogP contribution in [0.25, 0.3) is 11.0 Å². The van der Waals surface area contributed by atoms with Gasteiger partial charge in [0, 0.05) is 18.8 Å². The summed E-state index contributed by atoms with van der Waals surface area (Å²) in [6, 6.07) is 7.58. The average molecular weight is 331 g/mol. The van der Waals surface area contributed by atoms with Crippen LogP contribution in [-0.4, -0.2) is 26.2 Å². The van der Waals surface area contributed by atoms with E-state index in [1.807, 2.05) is 24.3 Å². The number of fused-ring (bicyclic) bond motifs is 1. The van der Waals surface area contributed by atoms with Crippen LogP contribution in [-0.2, 0) is 6.54 Å². The summed E-state index contributed by atoms with van der Waals surface area (Å²) in [6.07, 6.45) is 2.25. The van der Waals surface area contributed by atoms with Crippen LogP contribution >= 0.6 is 11.6 Å². The molecule has 0 amide bonds. The lowest BCUT2D eigenvalue weighted by Crippen LogP contribution is -2.03. The summed E-state index contributed by atoms with van der Waals surface area (Å²) in [6.45, 7) is 5.02. The van der Waals surface area contributed by atoms with E-state index in [-0.39, 0.29) is 6.61 Å². The smallest absolute Gasteiger partial charge is 0.145 e. The summed E-state index contributed by atoms with van der Waals surface area (Å²) in [4.78, 5) is 8.83. The van der Waals surface area contributed by atoms with Crippen molar-refractivity contribution in [1.82, 2.24) is 14.5 Å². The fourth-order valence-corrected chi connectivity index (χ4v) is 2.94. The third-order valence-electron chi connectivity index (χ3n) is 4.07. The molecule has 0 saturated carbocycles. The lowest BCUT2D eigenvalue weighted by atomic mass is 10.2. The highest BCUT2D eigenvalue weighted by Crippen LogP contribution is 2.32. The van der Waals surface area contributed by atoms with Gasteiger partial charge in [-0.1, -0.05) is 23.7 Å². The van der Waals surface area contributed by atoms with Crippen LogP contribution in [0.2, 0.25) is 5.02 Å². The molecule has 2 heterocycles. The molecule has 2 N–H and O–H groups in total. The lowest BCUT2D eigenvalue weighted by Gasteiger charge is -2.09. The fraction of sp³-hybridized carbons (Fsp3) is 0.294. The van der Waals surface area contributed by atoms with Gasteiger partial charge in [0.1, 0.15) is 17.8 Å². The van der Waals surface area contributed by atoms with Gasteiger partial charge in [-0.2, -0.15) is 0 Å². The predicted molar refractivity (Wildman–Crippen MR) is 93.4 cm³/mol. The first-order chi connectivity index (χ1) is 11.1. The van der Waals surface area contributed by atoms with Crippen LogP contribution in [0.3, 0.4) is 0 Å². The van der Waals surface area contributed by atoms with Crippen LogP contribution in [0.5, 0.6) is 0 Å². The third-order valence-corrected chi connectivity index (χ3v) is 4.40. The van der Waals surface area contributed by atoms with Gasteiger partial charge in [0.2, 0.25) is 0 Å². The number of nitrogens with one attached hydrogen (secondary N) is 1. The van der Waals surface area contributed by atoms with E-state index < -0.39 is 0 Å². The number of aliphatic hydroxyl groups is 1. The van der Waals surface area contributed by atoms with Crippen LogP contribution in [0.4, 0.5) is 11.5 Å². The van der Waals surface area contributed by atoms with E-state index in [9.17, 15) is 0 Å². The highest BCUT2D eigenvalue weighted by molar-refractivity contribution is 6.33. The van der Waals surface area contributed by atoms with Gasteiger partial charge in [0.25, 0.3) is 0 Å². The standard InChI is InChI=1S/C17H19ClN4O/c1-11-12(2)22(8-5-9-23)17-15(11)16(19-10-20-17)21-14-7-4-3-6-13(14)18/h3-4,6-7,10,23H,5,8-9H2,1-2H3,(H,19,20,21). The van der Waals surface area contributed by atoms with Crippen molar-refractivity contribution in [2.45, 2.75) is 26.8 Å². The molecule has 0 unspecified atom stereocenters. The van der Waals surface area contributed by atoms with Crippen LogP contribution in [0.1, 0.15) is 17.7 Å². The molecule has 23 heavy (non-hydrogen) atoms.